The third-order valence-electron chi connectivity index (χ3n) is 4.63. The minimum absolute atomic E-state index is 0.0146. The molecule has 1 aliphatic carbocycles. The van der Waals surface area contributed by atoms with Gasteiger partial charge in [-0.2, -0.15) is 10.2 Å². The van der Waals surface area contributed by atoms with Crippen molar-refractivity contribution in [2.75, 3.05) is 6.54 Å². The molecule has 122 valence electrons. The lowest BCUT2D eigenvalue weighted by Gasteiger charge is -2.21. The van der Waals surface area contributed by atoms with Gasteiger partial charge in [-0.25, -0.2) is 4.68 Å². The van der Waals surface area contributed by atoms with E-state index in [-0.39, 0.29) is 17.5 Å². The molecule has 0 bridgehead atoms. The van der Waals surface area contributed by atoms with Crippen LogP contribution in [0.3, 0.4) is 0 Å². The van der Waals surface area contributed by atoms with Crippen molar-refractivity contribution in [1.29, 1.82) is 0 Å². The van der Waals surface area contributed by atoms with E-state index < -0.39 is 0 Å². The minimum atomic E-state index is -0.330. The minimum Gasteiger partial charge on any atom is -0.356 e. The Bertz CT molecular complexity index is 650. The first-order chi connectivity index (χ1) is 11.2. The van der Waals surface area contributed by atoms with Crippen molar-refractivity contribution in [3.05, 3.63) is 11.4 Å². The van der Waals surface area contributed by atoms with Gasteiger partial charge in [0.1, 0.15) is 0 Å². The third-order valence-corrected chi connectivity index (χ3v) is 4.63. The highest BCUT2D eigenvalue weighted by molar-refractivity contribution is 5.79. The van der Waals surface area contributed by atoms with Crippen LogP contribution in [0.4, 0.5) is 0 Å². The number of hydrogen-bond acceptors (Lipinski definition) is 5. The number of nitrogens with one attached hydrogen (secondary N) is 1. The van der Waals surface area contributed by atoms with E-state index in [1.165, 1.54) is 5.69 Å². The van der Waals surface area contributed by atoms with Gasteiger partial charge in [-0.1, -0.05) is 5.21 Å². The lowest BCUT2D eigenvalue weighted by Crippen LogP contribution is -2.36. The summed E-state index contributed by atoms with van der Waals surface area (Å²) in [6.45, 7) is 3.46. The number of amides is 1. The van der Waals surface area contributed by atoms with E-state index in [2.05, 4.69) is 38.7 Å². The molecule has 1 aromatic rings. The summed E-state index contributed by atoms with van der Waals surface area (Å²) in [6.07, 6.45) is 9.83. The normalized spacial score (nSPS) is 20.6. The van der Waals surface area contributed by atoms with Gasteiger partial charge < -0.3 is 5.32 Å². The van der Waals surface area contributed by atoms with Crippen molar-refractivity contribution in [1.82, 2.24) is 20.3 Å². The molecule has 0 aromatic carbocycles. The average molecular weight is 314 g/mol. The fourth-order valence-electron chi connectivity index (χ4n) is 3.12. The Morgan fingerprint density at radius 3 is 3.00 bits per heavy atom. The predicted molar refractivity (Wildman–Crippen MR) is 84.5 cm³/mol. The first-order valence-electron chi connectivity index (χ1n) is 8.24. The zero-order valence-electron chi connectivity index (χ0n) is 13.5. The van der Waals surface area contributed by atoms with Gasteiger partial charge in [-0.15, -0.1) is 17.4 Å². The lowest BCUT2D eigenvalue weighted by molar-refractivity contribution is -0.125. The highest BCUT2D eigenvalue weighted by Crippen LogP contribution is 2.36. The van der Waals surface area contributed by atoms with Crippen molar-refractivity contribution >= 4 is 5.91 Å². The SMILES string of the molecule is C#CCCC1(CCNC(=O)C2CCc3c(nnn3CC)C2)N=N1. The second-order valence-electron chi connectivity index (χ2n) is 6.17. The van der Waals surface area contributed by atoms with Crippen molar-refractivity contribution in [2.45, 2.75) is 57.7 Å². The molecule has 0 saturated heterocycles. The fraction of sp³-hybridized carbons (Fsp3) is 0.688. The molecule has 1 atom stereocenters. The van der Waals surface area contributed by atoms with Crippen LogP contribution in [0.15, 0.2) is 10.2 Å². The molecule has 3 rings (SSSR count). The molecule has 2 heterocycles. The Morgan fingerprint density at radius 2 is 2.30 bits per heavy atom. The molecule has 0 radical (unpaired) electrons. The van der Waals surface area contributed by atoms with Crippen LogP contribution < -0.4 is 5.32 Å². The summed E-state index contributed by atoms with van der Waals surface area (Å²) in [6, 6.07) is 0. The van der Waals surface area contributed by atoms with Crippen LogP contribution in [0.25, 0.3) is 0 Å². The number of aromatic nitrogens is 3. The van der Waals surface area contributed by atoms with Crippen LogP contribution in [0.2, 0.25) is 0 Å². The second kappa shape index (κ2) is 6.49. The number of terminal acetylenes is 1. The molecule has 23 heavy (non-hydrogen) atoms. The summed E-state index contributed by atoms with van der Waals surface area (Å²) in [5.74, 6) is 2.69. The molecular formula is C16H22N6O. The van der Waals surface area contributed by atoms with Crippen molar-refractivity contribution in [3.8, 4) is 12.3 Å². The molecular weight excluding hydrogens is 292 g/mol. The molecule has 1 aliphatic heterocycles. The number of hydrogen-bond donors (Lipinski definition) is 1. The monoisotopic (exact) mass is 314 g/mol. The lowest BCUT2D eigenvalue weighted by atomic mass is 9.89. The Kier molecular flexibility index (Phi) is 4.42. The van der Waals surface area contributed by atoms with Crippen molar-refractivity contribution in [2.24, 2.45) is 16.1 Å². The Balaban J connectivity index is 1.46. The van der Waals surface area contributed by atoms with E-state index in [4.69, 9.17) is 6.42 Å². The molecule has 1 unspecified atom stereocenters. The number of fused-ring (bicyclic) bond motifs is 1. The van der Waals surface area contributed by atoms with Crippen LogP contribution in [-0.4, -0.2) is 33.1 Å². The summed E-state index contributed by atoms with van der Waals surface area (Å²) >= 11 is 0. The highest BCUT2D eigenvalue weighted by atomic mass is 16.1. The van der Waals surface area contributed by atoms with E-state index in [1.54, 1.807) is 0 Å². The average Bonchev–Trinajstić information content (AvgIpc) is 3.22. The summed E-state index contributed by atoms with van der Waals surface area (Å²) in [5, 5.41) is 19.5. The van der Waals surface area contributed by atoms with Gasteiger partial charge in [0.15, 0.2) is 5.66 Å². The maximum atomic E-state index is 12.3. The van der Waals surface area contributed by atoms with Crippen LogP contribution in [-0.2, 0) is 24.2 Å². The highest BCUT2D eigenvalue weighted by Gasteiger charge is 2.39. The number of carbonyl (C=O) groups is 1. The van der Waals surface area contributed by atoms with Crippen LogP contribution in [0, 0.1) is 18.3 Å². The van der Waals surface area contributed by atoms with Crippen LogP contribution in [0.1, 0.15) is 44.0 Å². The quantitative estimate of drug-likeness (QED) is 0.774. The molecule has 0 saturated carbocycles. The Hall–Kier alpha value is -2.23. The van der Waals surface area contributed by atoms with E-state index >= 15 is 0 Å². The second-order valence-corrected chi connectivity index (χ2v) is 6.17. The first-order valence-corrected chi connectivity index (χ1v) is 8.24. The van der Waals surface area contributed by atoms with E-state index in [0.29, 0.717) is 19.4 Å². The number of aryl methyl sites for hydroxylation is 1. The first kappa shape index (κ1) is 15.7. The number of carbonyl (C=O) groups excluding carboxylic acids is 1. The van der Waals surface area contributed by atoms with Gasteiger partial charge in [0, 0.05) is 44.7 Å². The number of nitrogens with zero attached hydrogens (tertiary/aromatic N) is 5. The molecule has 1 N–H and O–H groups in total. The van der Waals surface area contributed by atoms with Crippen LogP contribution in [0.5, 0.6) is 0 Å². The zero-order valence-corrected chi connectivity index (χ0v) is 13.5. The molecule has 0 fully saturated rings. The maximum absolute atomic E-state index is 12.3. The Morgan fingerprint density at radius 1 is 1.48 bits per heavy atom. The van der Waals surface area contributed by atoms with Gasteiger partial charge in [-0.05, 0) is 19.8 Å². The molecule has 7 nitrogen and oxygen atoms in total. The zero-order chi connectivity index (χ0) is 16.3. The third kappa shape index (κ3) is 3.41. The summed E-state index contributed by atoms with van der Waals surface area (Å²) in [4.78, 5) is 12.3. The molecule has 1 amide bonds. The molecule has 7 heteroatoms. The van der Waals surface area contributed by atoms with Gasteiger partial charge in [0.25, 0.3) is 0 Å². The summed E-state index contributed by atoms with van der Waals surface area (Å²) < 4.78 is 1.93. The van der Waals surface area contributed by atoms with E-state index in [1.807, 2.05) is 4.68 Å². The molecule has 2 aliphatic rings. The Labute approximate surface area is 135 Å². The van der Waals surface area contributed by atoms with Gasteiger partial charge in [-0.3, -0.25) is 4.79 Å². The van der Waals surface area contributed by atoms with Gasteiger partial charge in [0.05, 0.1) is 11.4 Å². The summed E-state index contributed by atoms with van der Waals surface area (Å²) in [5.41, 5.74) is 1.82. The predicted octanol–water partition coefficient (Wildman–Crippen LogP) is 1.48. The van der Waals surface area contributed by atoms with Crippen LogP contribution >= 0.6 is 0 Å². The van der Waals surface area contributed by atoms with Crippen molar-refractivity contribution in [3.63, 3.8) is 0 Å². The van der Waals surface area contributed by atoms with Crippen molar-refractivity contribution < 1.29 is 4.79 Å². The molecule has 0 spiro atoms. The largest absolute Gasteiger partial charge is 0.356 e. The van der Waals surface area contributed by atoms with Gasteiger partial charge >= 0.3 is 0 Å². The smallest absolute Gasteiger partial charge is 0.223 e. The van der Waals surface area contributed by atoms with E-state index in [9.17, 15) is 4.79 Å². The van der Waals surface area contributed by atoms with Gasteiger partial charge in [0.2, 0.25) is 5.91 Å². The standard InChI is InChI=1S/C16H22N6O/c1-3-5-8-16(19-20-16)9-10-17-15(23)12-6-7-14-13(11-12)18-21-22(14)4-2/h1,12H,4-11H2,2H3,(H,17,23). The number of rotatable bonds is 7. The fourth-order valence-corrected chi connectivity index (χ4v) is 3.12. The molecule has 1 aromatic heterocycles. The topological polar surface area (TPSA) is 84.5 Å². The summed E-state index contributed by atoms with van der Waals surface area (Å²) in [7, 11) is 0. The maximum Gasteiger partial charge on any atom is 0.223 e. The van der Waals surface area contributed by atoms with E-state index in [0.717, 1.165) is 37.9 Å².